The highest BCUT2D eigenvalue weighted by Crippen LogP contribution is 2.26. The molecule has 0 spiro atoms. The van der Waals surface area contributed by atoms with E-state index in [0.29, 0.717) is 0 Å². The van der Waals surface area contributed by atoms with Crippen LogP contribution in [0.25, 0.3) is 0 Å². The molecule has 0 aliphatic carbocycles. The zero-order chi connectivity index (χ0) is 13.0. The van der Waals surface area contributed by atoms with Crippen molar-refractivity contribution in [3.8, 4) is 5.75 Å². The third-order valence-corrected chi connectivity index (χ3v) is 3.05. The maximum Gasteiger partial charge on any atom is 0.119 e. The lowest BCUT2D eigenvalue weighted by Gasteiger charge is -2.21. The summed E-state index contributed by atoms with van der Waals surface area (Å²) in [7, 11) is 1.64. The molecule has 2 unspecified atom stereocenters. The lowest BCUT2D eigenvalue weighted by Crippen LogP contribution is -2.26. The van der Waals surface area contributed by atoms with Gasteiger partial charge in [-0.25, -0.2) is 0 Å². The van der Waals surface area contributed by atoms with Gasteiger partial charge < -0.3 is 16.2 Å². The summed E-state index contributed by atoms with van der Waals surface area (Å²) < 4.78 is 5.19. The summed E-state index contributed by atoms with van der Waals surface area (Å²) in [6, 6.07) is 17.1. The molecule has 0 saturated heterocycles. The summed E-state index contributed by atoms with van der Waals surface area (Å²) in [6.45, 7) is 0. The first kappa shape index (κ1) is 12.6. The second kappa shape index (κ2) is 5.67. The second-order valence-electron chi connectivity index (χ2n) is 4.24. The lowest BCUT2D eigenvalue weighted by atomic mass is 9.95. The van der Waals surface area contributed by atoms with Crippen molar-refractivity contribution < 1.29 is 4.74 Å². The maximum absolute atomic E-state index is 6.21. The molecule has 18 heavy (non-hydrogen) atoms. The van der Waals surface area contributed by atoms with Crippen LogP contribution in [0.2, 0.25) is 0 Å². The zero-order valence-corrected chi connectivity index (χ0v) is 10.4. The SMILES string of the molecule is COc1cccc(C(N)C(N)c2ccccc2)c1. The number of hydrogen-bond donors (Lipinski definition) is 2. The fourth-order valence-corrected chi connectivity index (χ4v) is 1.94. The molecule has 3 heteroatoms. The van der Waals surface area contributed by atoms with Gasteiger partial charge in [-0.2, -0.15) is 0 Å². The molecule has 0 bridgehead atoms. The van der Waals surface area contributed by atoms with Gasteiger partial charge >= 0.3 is 0 Å². The summed E-state index contributed by atoms with van der Waals surface area (Å²) >= 11 is 0. The van der Waals surface area contributed by atoms with E-state index in [-0.39, 0.29) is 12.1 Å². The van der Waals surface area contributed by atoms with E-state index in [1.807, 2.05) is 54.6 Å². The Morgan fingerprint density at radius 2 is 1.44 bits per heavy atom. The Kier molecular flexibility index (Phi) is 3.97. The van der Waals surface area contributed by atoms with Crippen LogP contribution in [0.3, 0.4) is 0 Å². The van der Waals surface area contributed by atoms with Gasteiger partial charge in [0, 0.05) is 12.1 Å². The smallest absolute Gasteiger partial charge is 0.119 e. The molecule has 2 rings (SSSR count). The molecule has 0 heterocycles. The Bertz CT molecular complexity index is 499. The Balaban J connectivity index is 2.22. The van der Waals surface area contributed by atoms with E-state index in [1.165, 1.54) is 0 Å². The van der Waals surface area contributed by atoms with Crippen molar-refractivity contribution >= 4 is 0 Å². The first-order valence-corrected chi connectivity index (χ1v) is 5.92. The Hall–Kier alpha value is -1.84. The topological polar surface area (TPSA) is 61.3 Å². The van der Waals surface area contributed by atoms with E-state index in [4.69, 9.17) is 16.2 Å². The summed E-state index contributed by atoms with van der Waals surface area (Å²) in [5.74, 6) is 0.795. The number of nitrogens with two attached hydrogens (primary N) is 2. The van der Waals surface area contributed by atoms with Crippen molar-refractivity contribution in [3.63, 3.8) is 0 Å². The summed E-state index contributed by atoms with van der Waals surface area (Å²) in [5.41, 5.74) is 14.4. The van der Waals surface area contributed by atoms with Gasteiger partial charge in [0.25, 0.3) is 0 Å². The minimum absolute atomic E-state index is 0.224. The summed E-state index contributed by atoms with van der Waals surface area (Å²) in [6.07, 6.45) is 0. The zero-order valence-electron chi connectivity index (χ0n) is 10.4. The number of benzene rings is 2. The number of rotatable bonds is 4. The molecule has 94 valence electrons. The van der Waals surface area contributed by atoms with Crippen LogP contribution >= 0.6 is 0 Å². The highest BCUT2D eigenvalue weighted by Gasteiger charge is 2.17. The summed E-state index contributed by atoms with van der Waals surface area (Å²) in [4.78, 5) is 0. The molecule has 0 aromatic heterocycles. The van der Waals surface area contributed by atoms with E-state index in [2.05, 4.69) is 0 Å². The minimum atomic E-state index is -0.248. The predicted molar refractivity (Wildman–Crippen MR) is 73.3 cm³/mol. The molecule has 2 atom stereocenters. The molecule has 2 aromatic rings. The standard InChI is InChI=1S/C15H18N2O/c1-18-13-9-5-8-12(10-13)15(17)14(16)11-6-3-2-4-7-11/h2-10,14-15H,16-17H2,1H3. The molecule has 0 radical (unpaired) electrons. The predicted octanol–water partition coefficient (Wildman–Crippen LogP) is 2.40. The van der Waals surface area contributed by atoms with Crippen molar-refractivity contribution in [1.29, 1.82) is 0 Å². The van der Waals surface area contributed by atoms with Gasteiger partial charge in [0.1, 0.15) is 5.75 Å². The molecule has 2 aromatic carbocycles. The molecular formula is C15H18N2O. The molecule has 0 fully saturated rings. The Morgan fingerprint density at radius 3 is 2.11 bits per heavy atom. The van der Waals surface area contributed by atoms with Crippen LogP contribution < -0.4 is 16.2 Å². The van der Waals surface area contributed by atoms with Crippen molar-refractivity contribution in [1.82, 2.24) is 0 Å². The molecule has 0 saturated carbocycles. The third kappa shape index (κ3) is 2.70. The minimum Gasteiger partial charge on any atom is -0.497 e. The van der Waals surface area contributed by atoms with Gasteiger partial charge in [-0.3, -0.25) is 0 Å². The quantitative estimate of drug-likeness (QED) is 0.865. The number of hydrogen-bond acceptors (Lipinski definition) is 3. The number of ether oxygens (including phenoxy) is 1. The Morgan fingerprint density at radius 1 is 0.833 bits per heavy atom. The Labute approximate surface area is 107 Å². The summed E-state index contributed by atoms with van der Waals surface area (Å²) in [5, 5.41) is 0. The van der Waals surface area contributed by atoms with Crippen LogP contribution in [0.1, 0.15) is 23.2 Å². The largest absolute Gasteiger partial charge is 0.497 e. The van der Waals surface area contributed by atoms with Gasteiger partial charge in [0.2, 0.25) is 0 Å². The average Bonchev–Trinajstić information content (AvgIpc) is 2.46. The van der Waals surface area contributed by atoms with Crippen LogP contribution in [-0.2, 0) is 0 Å². The molecule has 0 aliphatic rings. The van der Waals surface area contributed by atoms with Crippen molar-refractivity contribution in [2.24, 2.45) is 11.5 Å². The maximum atomic E-state index is 6.21. The fourth-order valence-electron chi connectivity index (χ4n) is 1.94. The van der Waals surface area contributed by atoms with E-state index >= 15 is 0 Å². The molecule has 0 amide bonds. The van der Waals surface area contributed by atoms with Crippen LogP contribution in [0, 0.1) is 0 Å². The third-order valence-electron chi connectivity index (χ3n) is 3.05. The van der Waals surface area contributed by atoms with Crippen LogP contribution in [0.5, 0.6) is 5.75 Å². The van der Waals surface area contributed by atoms with E-state index < -0.39 is 0 Å². The molecule has 0 aliphatic heterocycles. The highest BCUT2D eigenvalue weighted by atomic mass is 16.5. The van der Waals surface area contributed by atoms with Crippen molar-refractivity contribution in [2.45, 2.75) is 12.1 Å². The normalized spacial score (nSPS) is 13.9. The van der Waals surface area contributed by atoms with E-state index in [1.54, 1.807) is 7.11 Å². The molecule has 4 N–H and O–H groups in total. The van der Waals surface area contributed by atoms with Crippen LogP contribution in [0.4, 0.5) is 0 Å². The first-order valence-electron chi connectivity index (χ1n) is 5.92. The van der Waals surface area contributed by atoms with Crippen molar-refractivity contribution in [2.75, 3.05) is 7.11 Å². The van der Waals surface area contributed by atoms with Crippen LogP contribution in [0.15, 0.2) is 54.6 Å². The lowest BCUT2D eigenvalue weighted by molar-refractivity contribution is 0.413. The van der Waals surface area contributed by atoms with Gasteiger partial charge in [-0.15, -0.1) is 0 Å². The van der Waals surface area contributed by atoms with E-state index in [0.717, 1.165) is 16.9 Å². The van der Waals surface area contributed by atoms with Gasteiger partial charge in [0.05, 0.1) is 7.11 Å². The van der Waals surface area contributed by atoms with Gasteiger partial charge in [-0.1, -0.05) is 42.5 Å². The van der Waals surface area contributed by atoms with Crippen molar-refractivity contribution in [3.05, 3.63) is 65.7 Å². The average molecular weight is 242 g/mol. The highest BCUT2D eigenvalue weighted by molar-refractivity contribution is 5.33. The van der Waals surface area contributed by atoms with Gasteiger partial charge in [-0.05, 0) is 23.3 Å². The van der Waals surface area contributed by atoms with Crippen LogP contribution in [-0.4, -0.2) is 7.11 Å². The monoisotopic (exact) mass is 242 g/mol. The molecule has 3 nitrogen and oxygen atoms in total. The van der Waals surface area contributed by atoms with E-state index in [9.17, 15) is 0 Å². The fraction of sp³-hybridized carbons (Fsp3) is 0.200. The second-order valence-corrected chi connectivity index (χ2v) is 4.24. The van der Waals surface area contributed by atoms with Gasteiger partial charge in [0.15, 0.2) is 0 Å². The number of methoxy groups -OCH3 is 1. The first-order chi connectivity index (χ1) is 8.72. The molecular weight excluding hydrogens is 224 g/mol.